The number of hydrogen-bond donors (Lipinski definition) is 2. The molecular formula is C19H20N2O2. The lowest BCUT2D eigenvalue weighted by Gasteiger charge is -2.08. The number of amides is 2. The van der Waals surface area contributed by atoms with Crippen molar-refractivity contribution in [2.24, 2.45) is 11.8 Å². The van der Waals surface area contributed by atoms with Crippen molar-refractivity contribution in [1.82, 2.24) is 5.32 Å². The summed E-state index contributed by atoms with van der Waals surface area (Å²) in [6.45, 7) is 2.45. The molecule has 0 spiro atoms. The second kappa shape index (κ2) is 6.65. The number of benzene rings is 2. The van der Waals surface area contributed by atoms with Crippen LogP contribution in [-0.2, 0) is 16.1 Å². The Bertz CT molecular complexity index is 712. The molecule has 3 rings (SSSR count). The van der Waals surface area contributed by atoms with Gasteiger partial charge < -0.3 is 10.6 Å². The third kappa shape index (κ3) is 3.77. The van der Waals surface area contributed by atoms with Crippen LogP contribution in [0.3, 0.4) is 0 Å². The Hall–Kier alpha value is -2.62. The van der Waals surface area contributed by atoms with Gasteiger partial charge in [0.05, 0.1) is 11.8 Å². The Morgan fingerprint density at radius 3 is 2.35 bits per heavy atom. The fourth-order valence-corrected chi connectivity index (χ4v) is 2.63. The molecular weight excluding hydrogens is 288 g/mol. The Labute approximate surface area is 135 Å². The minimum Gasteiger partial charge on any atom is -0.352 e. The van der Waals surface area contributed by atoms with Crippen molar-refractivity contribution in [3.05, 3.63) is 65.7 Å². The molecule has 2 N–H and O–H groups in total. The summed E-state index contributed by atoms with van der Waals surface area (Å²) in [6, 6.07) is 17.4. The monoisotopic (exact) mass is 308 g/mol. The largest absolute Gasteiger partial charge is 0.352 e. The maximum absolute atomic E-state index is 12.2. The van der Waals surface area contributed by atoms with Crippen molar-refractivity contribution in [3.63, 3.8) is 0 Å². The lowest BCUT2D eigenvalue weighted by molar-refractivity contribution is -0.125. The van der Waals surface area contributed by atoms with Gasteiger partial charge in [-0.25, -0.2) is 0 Å². The van der Waals surface area contributed by atoms with Crippen LogP contribution in [0.15, 0.2) is 54.6 Å². The van der Waals surface area contributed by atoms with Crippen LogP contribution in [-0.4, -0.2) is 11.8 Å². The second-order valence-electron chi connectivity index (χ2n) is 5.96. The number of carbonyl (C=O) groups excluding carboxylic acids is 2. The lowest BCUT2D eigenvalue weighted by atomic mass is 10.2. The van der Waals surface area contributed by atoms with Gasteiger partial charge in [0.1, 0.15) is 0 Å². The highest BCUT2D eigenvalue weighted by Gasteiger charge is 2.47. The van der Waals surface area contributed by atoms with E-state index in [1.807, 2.05) is 61.5 Å². The number of rotatable bonds is 5. The van der Waals surface area contributed by atoms with E-state index in [-0.39, 0.29) is 23.7 Å². The molecule has 0 radical (unpaired) electrons. The first-order valence-electron chi connectivity index (χ1n) is 7.83. The summed E-state index contributed by atoms with van der Waals surface area (Å²) in [5.41, 5.74) is 2.89. The molecule has 4 nitrogen and oxygen atoms in total. The van der Waals surface area contributed by atoms with Crippen molar-refractivity contribution in [1.29, 1.82) is 0 Å². The van der Waals surface area contributed by atoms with Crippen molar-refractivity contribution in [3.8, 4) is 0 Å². The number of nitrogens with one attached hydrogen (secondary N) is 2. The Morgan fingerprint density at radius 1 is 0.957 bits per heavy atom. The number of anilines is 1. The number of carbonyl (C=O) groups is 2. The fraction of sp³-hybridized carbons (Fsp3) is 0.263. The smallest absolute Gasteiger partial charge is 0.228 e. The first-order valence-corrected chi connectivity index (χ1v) is 7.83. The van der Waals surface area contributed by atoms with E-state index in [9.17, 15) is 9.59 Å². The van der Waals surface area contributed by atoms with E-state index in [1.54, 1.807) is 0 Å². The normalized spacial score (nSPS) is 19.0. The van der Waals surface area contributed by atoms with Crippen LogP contribution in [0.25, 0.3) is 0 Å². The van der Waals surface area contributed by atoms with Crippen molar-refractivity contribution >= 4 is 17.5 Å². The number of hydrogen-bond acceptors (Lipinski definition) is 2. The molecule has 1 aliphatic carbocycles. The van der Waals surface area contributed by atoms with Crippen molar-refractivity contribution in [2.45, 2.75) is 19.9 Å². The van der Waals surface area contributed by atoms with Gasteiger partial charge in [0.25, 0.3) is 0 Å². The molecule has 2 atom stereocenters. The topological polar surface area (TPSA) is 58.2 Å². The standard InChI is InChI=1S/C19H20N2O2/c1-13-7-5-6-10-17(13)21-19(23)16-11-15(16)18(22)20-12-14-8-3-2-4-9-14/h2-10,15-16H,11-12H2,1H3,(H,20,22)(H,21,23). The summed E-state index contributed by atoms with van der Waals surface area (Å²) in [4.78, 5) is 24.3. The molecule has 0 aromatic heterocycles. The first kappa shape index (κ1) is 15.3. The van der Waals surface area contributed by atoms with Gasteiger partial charge in [0.15, 0.2) is 0 Å². The predicted octanol–water partition coefficient (Wildman–Crippen LogP) is 2.89. The van der Waals surface area contributed by atoms with Gasteiger partial charge in [-0.05, 0) is 30.5 Å². The Balaban J connectivity index is 1.49. The van der Waals surface area contributed by atoms with E-state index in [4.69, 9.17) is 0 Å². The molecule has 0 heterocycles. The molecule has 2 aromatic rings. The summed E-state index contributed by atoms with van der Waals surface area (Å²) < 4.78 is 0. The minimum absolute atomic E-state index is 0.0428. The molecule has 2 aromatic carbocycles. The minimum atomic E-state index is -0.217. The van der Waals surface area contributed by atoms with Gasteiger partial charge in [0, 0.05) is 12.2 Å². The average Bonchev–Trinajstić information content (AvgIpc) is 3.36. The van der Waals surface area contributed by atoms with Gasteiger partial charge in [0.2, 0.25) is 11.8 Å². The van der Waals surface area contributed by atoms with E-state index < -0.39 is 0 Å². The molecule has 0 saturated heterocycles. The average molecular weight is 308 g/mol. The van der Waals surface area contributed by atoms with Gasteiger partial charge in [-0.1, -0.05) is 48.5 Å². The molecule has 2 amide bonds. The summed E-state index contributed by atoms with van der Waals surface area (Å²) in [6.07, 6.45) is 0.623. The summed E-state index contributed by atoms with van der Waals surface area (Å²) in [7, 11) is 0. The number of aryl methyl sites for hydroxylation is 1. The van der Waals surface area contributed by atoms with Crippen LogP contribution in [0.5, 0.6) is 0 Å². The molecule has 2 unspecified atom stereocenters. The maximum Gasteiger partial charge on any atom is 0.228 e. The highest BCUT2D eigenvalue weighted by molar-refractivity contribution is 5.99. The molecule has 118 valence electrons. The zero-order valence-corrected chi connectivity index (χ0v) is 13.1. The zero-order valence-electron chi connectivity index (χ0n) is 13.1. The van der Waals surface area contributed by atoms with E-state index in [2.05, 4.69) is 10.6 Å². The third-order valence-corrected chi connectivity index (χ3v) is 4.18. The van der Waals surface area contributed by atoms with Gasteiger partial charge >= 0.3 is 0 Å². The molecule has 0 aliphatic heterocycles. The van der Waals surface area contributed by atoms with Crippen molar-refractivity contribution in [2.75, 3.05) is 5.32 Å². The summed E-state index contributed by atoms with van der Waals surface area (Å²) in [5, 5.41) is 5.81. The molecule has 1 fully saturated rings. The quantitative estimate of drug-likeness (QED) is 0.892. The van der Waals surface area contributed by atoms with Crippen LogP contribution in [0.2, 0.25) is 0 Å². The van der Waals surface area contributed by atoms with Crippen molar-refractivity contribution < 1.29 is 9.59 Å². The van der Waals surface area contributed by atoms with E-state index in [0.717, 1.165) is 16.8 Å². The van der Waals surface area contributed by atoms with Gasteiger partial charge in [-0.2, -0.15) is 0 Å². The lowest BCUT2D eigenvalue weighted by Crippen LogP contribution is -2.27. The second-order valence-corrected chi connectivity index (χ2v) is 5.96. The highest BCUT2D eigenvalue weighted by atomic mass is 16.2. The van der Waals surface area contributed by atoms with Crippen LogP contribution < -0.4 is 10.6 Å². The Morgan fingerprint density at radius 2 is 1.61 bits per heavy atom. The Kier molecular flexibility index (Phi) is 4.42. The molecule has 1 saturated carbocycles. The van der Waals surface area contributed by atoms with Crippen LogP contribution in [0, 0.1) is 18.8 Å². The molecule has 1 aliphatic rings. The zero-order chi connectivity index (χ0) is 16.2. The number of para-hydroxylation sites is 1. The summed E-state index contributed by atoms with van der Waals surface area (Å²) >= 11 is 0. The van der Waals surface area contributed by atoms with Crippen LogP contribution in [0.4, 0.5) is 5.69 Å². The van der Waals surface area contributed by atoms with E-state index in [0.29, 0.717) is 13.0 Å². The third-order valence-electron chi connectivity index (χ3n) is 4.18. The first-order chi connectivity index (χ1) is 11.1. The predicted molar refractivity (Wildman–Crippen MR) is 89.7 cm³/mol. The van der Waals surface area contributed by atoms with Gasteiger partial charge in [-0.15, -0.1) is 0 Å². The molecule has 4 heteroatoms. The van der Waals surface area contributed by atoms with Crippen LogP contribution >= 0.6 is 0 Å². The van der Waals surface area contributed by atoms with Crippen LogP contribution in [0.1, 0.15) is 17.5 Å². The fourth-order valence-electron chi connectivity index (χ4n) is 2.63. The highest BCUT2D eigenvalue weighted by Crippen LogP contribution is 2.39. The van der Waals surface area contributed by atoms with E-state index >= 15 is 0 Å². The SMILES string of the molecule is Cc1ccccc1NC(=O)C1CC1C(=O)NCc1ccccc1. The molecule has 0 bridgehead atoms. The van der Waals surface area contributed by atoms with E-state index in [1.165, 1.54) is 0 Å². The molecule has 23 heavy (non-hydrogen) atoms. The maximum atomic E-state index is 12.2. The summed E-state index contributed by atoms with van der Waals surface area (Å²) in [5.74, 6) is -0.536. The van der Waals surface area contributed by atoms with Gasteiger partial charge in [-0.3, -0.25) is 9.59 Å².